The Morgan fingerprint density at radius 1 is 1.07 bits per heavy atom. The van der Waals surface area contributed by atoms with Crippen LogP contribution in [0.25, 0.3) is 0 Å². The van der Waals surface area contributed by atoms with E-state index < -0.39 is 0 Å². The Balaban J connectivity index is 0.00000300. The van der Waals surface area contributed by atoms with E-state index in [0.29, 0.717) is 12.5 Å². The second-order valence-electron chi connectivity index (χ2n) is 6.50. The molecule has 0 aliphatic carbocycles. The summed E-state index contributed by atoms with van der Waals surface area (Å²) in [5, 5.41) is 3.16. The maximum absolute atomic E-state index is 6.00. The number of aliphatic imine (C=N–C) groups is 1. The van der Waals surface area contributed by atoms with Gasteiger partial charge >= 0.3 is 0 Å². The number of guanidine groups is 1. The Kier molecular flexibility index (Phi) is 9.49. The molecule has 0 unspecified atom stereocenters. The first kappa shape index (κ1) is 22.7. The maximum Gasteiger partial charge on any atom is 0.189 e. The van der Waals surface area contributed by atoms with Crippen molar-refractivity contribution in [2.75, 3.05) is 13.7 Å². The predicted molar refractivity (Wildman–Crippen MR) is 128 cm³/mol. The van der Waals surface area contributed by atoms with Crippen LogP contribution >= 0.6 is 24.0 Å². The third-order valence-corrected chi connectivity index (χ3v) is 4.56. The number of aromatic nitrogens is 2. The van der Waals surface area contributed by atoms with Gasteiger partial charge in [-0.2, -0.15) is 0 Å². The van der Waals surface area contributed by atoms with E-state index in [4.69, 9.17) is 10.5 Å². The van der Waals surface area contributed by atoms with Gasteiger partial charge in [0, 0.05) is 25.5 Å². The lowest BCUT2D eigenvalue weighted by Crippen LogP contribution is -2.33. The SMILES string of the molecule is COc1ccc(CCNC(N)=NCc2nccn2CCc2ccccc2)cc1.I. The highest BCUT2D eigenvalue weighted by molar-refractivity contribution is 14.0. The summed E-state index contributed by atoms with van der Waals surface area (Å²) in [4.78, 5) is 8.83. The standard InChI is InChI=1S/C22H27N5O.HI/c1-28-20-9-7-19(8-10-20)11-13-25-22(23)26-17-21-24-14-16-27(21)15-12-18-5-3-2-4-6-18;/h2-10,14,16H,11-13,15,17H2,1H3,(H3,23,25,26);1H. The van der Waals surface area contributed by atoms with Gasteiger partial charge in [0.1, 0.15) is 18.1 Å². The quantitative estimate of drug-likeness (QED) is 0.266. The zero-order valence-corrected chi connectivity index (χ0v) is 19.0. The van der Waals surface area contributed by atoms with Gasteiger partial charge in [0.05, 0.1) is 7.11 Å². The second-order valence-corrected chi connectivity index (χ2v) is 6.50. The van der Waals surface area contributed by atoms with Gasteiger partial charge in [-0.05, 0) is 36.1 Å². The van der Waals surface area contributed by atoms with E-state index in [0.717, 1.165) is 37.5 Å². The number of nitrogens with one attached hydrogen (secondary N) is 1. The van der Waals surface area contributed by atoms with Crippen molar-refractivity contribution in [2.45, 2.75) is 25.9 Å². The number of nitrogens with zero attached hydrogens (tertiary/aromatic N) is 3. The van der Waals surface area contributed by atoms with Crippen molar-refractivity contribution in [3.8, 4) is 5.75 Å². The molecule has 154 valence electrons. The number of nitrogens with two attached hydrogens (primary N) is 1. The molecular weight excluding hydrogens is 477 g/mol. The summed E-state index contributed by atoms with van der Waals surface area (Å²) in [6.07, 6.45) is 5.62. The van der Waals surface area contributed by atoms with Gasteiger partial charge in [0.25, 0.3) is 0 Å². The molecular formula is C22H28IN5O. The number of imidazole rings is 1. The van der Waals surface area contributed by atoms with Crippen LogP contribution in [0.1, 0.15) is 17.0 Å². The lowest BCUT2D eigenvalue weighted by Gasteiger charge is -2.08. The number of aryl methyl sites for hydroxylation is 2. The maximum atomic E-state index is 6.00. The summed E-state index contributed by atoms with van der Waals surface area (Å²) in [6.45, 7) is 2.06. The van der Waals surface area contributed by atoms with E-state index >= 15 is 0 Å². The van der Waals surface area contributed by atoms with E-state index in [1.54, 1.807) is 7.11 Å². The van der Waals surface area contributed by atoms with Crippen LogP contribution in [0.5, 0.6) is 5.75 Å². The number of benzene rings is 2. The fraction of sp³-hybridized carbons (Fsp3) is 0.273. The molecule has 7 heteroatoms. The van der Waals surface area contributed by atoms with Gasteiger partial charge < -0.3 is 20.4 Å². The molecule has 3 N–H and O–H groups in total. The molecule has 0 radical (unpaired) electrons. The Bertz CT molecular complexity index is 878. The molecule has 1 heterocycles. The van der Waals surface area contributed by atoms with Gasteiger partial charge in [0.15, 0.2) is 5.96 Å². The van der Waals surface area contributed by atoms with E-state index in [2.05, 4.69) is 56.3 Å². The van der Waals surface area contributed by atoms with Crippen LogP contribution in [-0.2, 0) is 25.9 Å². The molecule has 0 aliphatic heterocycles. The summed E-state index contributed by atoms with van der Waals surface area (Å²) in [7, 11) is 1.67. The van der Waals surface area contributed by atoms with Crippen LogP contribution in [0.4, 0.5) is 0 Å². The topological polar surface area (TPSA) is 77.5 Å². The second kappa shape index (κ2) is 12.1. The Morgan fingerprint density at radius 2 is 1.79 bits per heavy atom. The minimum absolute atomic E-state index is 0. The van der Waals surface area contributed by atoms with Crippen molar-refractivity contribution in [2.24, 2.45) is 10.7 Å². The van der Waals surface area contributed by atoms with Crippen molar-refractivity contribution < 1.29 is 4.74 Å². The summed E-state index contributed by atoms with van der Waals surface area (Å²) >= 11 is 0. The van der Waals surface area contributed by atoms with Crippen LogP contribution in [0.2, 0.25) is 0 Å². The van der Waals surface area contributed by atoms with Crippen molar-refractivity contribution in [1.82, 2.24) is 14.9 Å². The fourth-order valence-electron chi connectivity index (χ4n) is 2.93. The zero-order chi connectivity index (χ0) is 19.6. The molecule has 3 aromatic rings. The van der Waals surface area contributed by atoms with Crippen LogP contribution in [0.3, 0.4) is 0 Å². The molecule has 0 fully saturated rings. The normalized spacial score (nSPS) is 11.0. The zero-order valence-electron chi connectivity index (χ0n) is 16.6. The first-order chi connectivity index (χ1) is 13.7. The minimum atomic E-state index is 0. The molecule has 0 aliphatic rings. The average molecular weight is 505 g/mol. The molecule has 0 atom stereocenters. The molecule has 1 aromatic heterocycles. The molecule has 0 saturated carbocycles. The molecule has 6 nitrogen and oxygen atoms in total. The smallest absolute Gasteiger partial charge is 0.189 e. The Hall–Kier alpha value is -2.55. The molecule has 3 rings (SSSR count). The van der Waals surface area contributed by atoms with Crippen molar-refractivity contribution >= 4 is 29.9 Å². The number of hydrogen-bond acceptors (Lipinski definition) is 3. The fourth-order valence-corrected chi connectivity index (χ4v) is 2.93. The van der Waals surface area contributed by atoms with Gasteiger partial charge in [0.2, 0.25) is 0 Å². The minimum Gasteiger partial charge on any atom is -0.497 e. The van der Waals surface area contributed by atoms with Crippen LogP contribution < -0.4 is 15.8 Å². The molecule has 0 amide bonds. The molecule has 0 saturated heterocycles. The van der Waals surface area contributed by atoms with Crippen molar-refractivity contribution in [3.63, 3.8) is 0 Å². The highest BCUT2D eigenvalue weighted by Gasteiger charge is 2.03. The average Bonchev–Trinajstić information content (AvgIpc) is 3.19. The Morgan fingerprint density at radius 3 is 2.52 bits per heavy atom. The van der Waals surface area contributed by atoms with Crippen LogP contribution in [0, 0.1) is 0 Å². The molecule has 2 aromatic carbocycles. The lowest BCUT2D eigenvalue weighted by molar-refractivity contribution is 0.414. The third kappa shape index (κ3) is 7.41. The first-order valence-electron chi connectivity index (χ1n) is 9.45. The number of ether oxygens (including phenoxy) is 1. The van der Waals surface area contributed by atoms with Crippen molar-refractivity contribution in [1.29, 1.82) is 0 Å². The number of halogens is 1. The third-order valence-electron chi connectivity index (χ3n) is 4.56. The van der Waals surface area contributed by atoms with E-state index in [1.807, 2.05) is 30.6 Å². The predicted octanol–water partition coefficient (Wildman–Crippen LogP) is 3.40. The largest absolute Gasteiger partial charge is 0.497 e. The van der Waals surface area contributed by atoms with Gasteiger partial charge in [-0.1, -0.05) is 42.5 Å². The Labute approximate surface area is 189 Å². The summed E-state index contributed by atoms with van der Waals surface area (Å²) < 4.78 is 7.29. The summed E-state index contributed by atoms with van der Waals surface area (Å²) in [5.74, 6) is 2.21. The van der Waals surface area contributed by atoms with Crippen LogP contribution in [0.15, 0.2) is 72.0 Å². The van der Waals surface area contributed by atoms with E-state index in [-0.39, 0.29) is 24.0 Å². The van der Waals surface area contributed by atoms with Gasteiger partial charge in [-0.25, -0.2) is 9.98 Å². The number of methoxy groups -OCH3 is 1. The van der Waals surface area contributed by atoms with Gasteiger partial charge in [-0.15, -0.1) is 24.0 Å². The highest BCUT2D eigenvalue weighted by atomic mass is 127. The monoisotopic (exact) mass is 505 g/mol. The first-order valence-corrected chi connectivity index (χ1v) is 9.45. The summed E-state index contributed by atoms with van der Waals surface area (Å²) in [5.41, 5.74) is 8.53. The summed E-state index contributed by atoms with van der Waals surface area (Å²) in [6, 6.07) is 18.5. The highest BCUT2D eigenvalue weighted by Crippen LogP contribution is 2.11. The lowest BCUT2D eigenvalue weighted by atomic mass is 10.1. The molecule has 0 bridgehead atoms. The number of hydrogen-bond donors (Lipinski definition) is 2. The van der Waals surface area contributed by atoms with Gasteiger partial charge in [-0.3, -0.25) is 0 Å². The van der Waals surface area contributed by atoms with Crippen LogP contribution in [-0.4, -0.2) is 29.2 Å². The molecule has 29 heavy (non-hydrogen) atoms. The number of rotatable bonds is 9. The van der Waals surface area contributed by atoms with Crippen molar-refractivity contribution in [3.05, 3.63) is 83.9 Å². The van der Waals surface area contributed by atoms with E-state index in [1.165, 1.54) is 11.1 Å². The molecule has 0 spiro atoms. The van der Waals surface area contributed by atoms with E-state index in [9.17, 15) is 0 Å².